The number of nitrogens with one attached hydrogen (secondary N) is 1. The van der Waals surface area contributed by atoms with E-state index in [4.69, 9.17) is 15.8 Å². The standard InChI is InChI=1S/C21H28N6O2/c1-14(2)27-21-17(11-24-27)19(23-12-20(28)29)10-18(25-21)16-6-4-5-15(9-16)13-26(3)8-7-22/h4-6,9-11,14H,7-8,12-13,22H2,1-3H3,(H,23,25)(H,28,29). The number of carboxylic acid groups (broad SMARTS) is 1. The topological polar surface area (TPSA) is 109 Å². The quantitative estimate of drug-likeness (QED) is 0.510. The molecule has 1 aromatic carbocycles. The Balaban J connectivity index is 2.04. The van der Waals surface area contributed by atoms with Gasteiger partial charge in [-0.2, -0.15) is 5.10 Å². The molecule has 8 nitrogen and oxygen atoms in total. The van der Waals surface area contributed by atoms with Crippen LogP contribution in [0.3, 0.4) is 0 Å². The number of benzene rings is 1. The second kappa shape index (κ2) is 9.02. The van der Waals surface area contributed by atoms with Gasteiger partial charge >= 0.3 is 5.97 Å². The van der Waals surface area contributed by atoms with Gasteiger partial charge in [0.2, 0.25) is 0 Å². The summed E-state index contributed by atoms with van der Waals surface area (Å²) in [5, 5.41) is 17.3. The van der Waals surface area contributed by atoms with Gasteiger partial charge in [0, 0.05) is 36.9 Å². The van der Waals surface area contributed by atoms with E-state index in [2.05, 4.69) is 27.4 Å². The molecule has 0 radical (unpaired) electrons. The van der Waals surface area contributed by atoms with Crippen LogP contribution in [-0.2, 0) is 11.3 Å². The molecular formula is C21H28N6O2. The number of likely N-dealkylation sites (N-methyl/N-ethyl adjacent to an activating group) is 1. The maximum atomic E-state index is 11.1. The number of anilines is 1. The highest BCUT2D eigenvalue weighted by atomic mass is 16.4. The Kier molecular flexibility index (Phi) is 6.46. The number of fused-ring (bicyclic) bond motifs is 1. The SMILES string of the molecule is CC(C)n1ncc2c(NCC(=O)O)cc(-c3cccc(CN(C)CCN)c3)nc21. The van der Waals surface area contributed by atoms with Crippen molar-refractivity contribution in [3.05, 3.63) is 42.1 Å². The molecule has 8 heteroatoms. The number of carboxylic acids is 1. The van der Waals surface area contributed by atoms with Gasteiger partial charge in [0.15, 0.2) is 5.65 Å². The molecule has 0 bridgehead atoms. The molecule has 0 unspecified atom stereocenters. The fourth-order valence-electron chi connectivity index (χ4n) is 3.30. The van der Waals surface area contributed by atoms with Gasteiger partial charge in [-0.3, -0.25) is 4.79 Å². The van der Waals surface area contributed by atoms with Crippen molar-refractivity contribution in [2.45, 2.75) is 26.4 Å². The molecule has 0 spiro atoms. The molecule has 0 amide bonds. The lowest BCUT2D eigenvalue weighted by atomic mass is 10.1. The first kappa shape index (κ1) is 20.8. The molecule has 3 aromatic rings. The van der Waals surface area contributed by atoms with Crippen LogP contribution in [-0.4, -0.2) is 57.4 Å². The molecule has 0 aliphatic carbocycles. The number of hydrogen-bond donors (Lipinski definition) is 3. The molecule has 0 aliphatic heterocycles. The minimum Gasteiger partial charge on any atom is -0.480 e. The van der Waals surface area contributed by atoms with Crippen molar-refractivity contribution >= 4 is 22.7 Å². The normalized spacial score (nSPS) is 11.5. The monoisotopic (exact) mass is 396 g/mol. The number of nitrogens with zero attached hydrogens (tertiary/aromatic N) is 4. The van der Waals surface area contributed by atoms with Crippen molar-refractivity contribution in [1.29, 1.82) is 0 Å². The molecule has 154 valence electrons. The van der Waals surface area contributed by atoms with Gasteiger partial charge in [0.25, 0.3) is 0 Å². The molecule has 2 heterocycles. The number of hydrogen-bond acceptors (Lipinski definition) is 6. The molecule has 0 fully saturated rings. The lowest BCUT2D eigenvalue weighted by molar-refractivity contribution is -0.134. The average Bonchev–Trinajstić information content (AvgIpc) is 3.10. The van der Waals surface area contributed by atoms with Crippen molar-refractivity contribution in [1.82, 2.24) is 19.7 Å². The summed E-state index contributed by atoms with van der Waals surface area (Å²) < 4.78 is 1.85. The van der Waals surface area contributed by atoms with Crippen LogP contribution in [0.2, 0.25) is 0 Å². The summed E-state index contributed by atoms with van der Waals surface area (Å²) in [6, 6.07) is 10.2. The Morgan fingerprint density at radius 2 is 2.14 bits per heavy atom. The molecule has 2 aromatic heterocycles. The van der Waals surface area contributed by atoms with Crippen LogP contribution in [0.1, 0.15) is 25.5 Å². The number of nitrogens with two attached hydrogens (primary N) is 1. The minimum atomic E-state index is -0.919. The third-order valence-electron chi connectivity index (χ3n) is 4.67. The van der Waals surface area contributed by atoms with Crippen LogP contribution in [0.4, 0.5) is 5.69 Å². The maximum Gasteiger partial charge on any atom is 0.322 e. The lowest BCUT2D eigenvalue weighted by Crippen LogP contribution is -2.24. The molecule has 0 atom stereocenters. The van der Waals surface area contributed by atoms with E-state index in [1.54, 1.807) is 6.20 Å². The summed E-state index contributed by atoms with van der Waals surface area (Å²) in [6.07, 6.45) is 1.73. The Hall–Kier alpha value is -2.97. The van der Waals surface area contributed by atoms with Crippen LogP contribution < -0.4 is 11.1 Å². The number of aliphatic carboxylic acids is 1. The van der Waals surface area contributed by atoms with E-state index >= 15 is 0 Å². The van der Waals surface area contributed by atoms with Crippen LogP contribution in [0.15, 0.2) is 36.5 Å². The molecule has 4 N–H and O–H groups in total. The van der Waals surface area contributed by atoms with Crippen molar-refractivity contribution in [3.63, 3.8) is 0 Å². The molecule has 29 heavy (non-hydrogen) atoms. The predicted octanol–water partition coefficient (Wildman–Crippen LogP) is 2.57. The first-order chi connectivity index (χ1) is 13.9. The van der Waals surface area contributed by atoms with Crippen molar-refractivity contribution < 1.29 is 9.90 Å². The van der Waals surface area contributed by atoms with Crippen molar-refractivity contribution in [3.8, 4) is 11.3 Å². The van der Waals surface area contributed by atoms with E-state index < -0.39 is 5.97 Å². The van der Waals surface area contributed by atoms with Gasteiger partial charge in [-0.15, -0.1) is 0 Å². The van der Waals surface area contributed by atoms with Crippen LogP contribution in [0.25, 0.3) is 22.3 Å². The molecule has 0 aliphatic rings. The summed E-state index contributed by atoms with van der Waals surface area (Å²) in [6.45, 7) is 6.15. The first-order valence-corrected chi connectivity index (χ1v) is 9.71. The van der Waals surface area contributed by atoms with Crippen LogP contribution in [0, 0.1) is 0 Å². The second-order valence-corrected chi connectivity index (χ2v) is 7.45. The van der Waals surface area contributed by atoms with Crippen molar-refractivity contribution in [2.24, 2.45) is 5.73 Å². The van der Waals surface area contributed by atoms with E-state index in [1.165, 1.54) is 0 Å². The highest BCUT2D eigenvalue weighted by Crippen LogP contribution is 2.30. The third-order valence-corrected chi connectivity index (χ3v) is 4.67. The highest BCUT2D eigenvalue weighted by Gasteiger charge is 2.15. The zero-order valence-corrected chi connectivity index (χ0v) is 17.1. The fraction of sp³-hybridized carbons (Fsp3) is 0.381. The van der Waals surface area contributed by atoms with Crippen LogP contribution >= 0.6 is 0 Å². The number of rotatable bonds is 9. The van der Waals surface area contributed by atoms with E-state index in [0.29, 0.717) is 12.2 Å². The summed E-state index contributed by atoms with van der Waals surface area (Å²) in [5.41, 5.74) is 10.00. The first-order valence-electron chi connectivity index (χ1n) is 9.71. The number of aromatic nitrogens is 3. The largest absolute Gasteiger partial charge is 0.480 e. The Morgan fingerprint density at radius 3 is 2.83 bits per heavy atom. The Labute approximate surface area is 170 Å². The zero-order valence-electron chi connectivity index (χ0n) is 17.1. The second-order valence-electron chi connectivity index (χ2n) is 7.45. The zero-order chi connectivity index (χ0) is 21.0. The van der Waals surface area contributed by atoms with E-state index in [-0.39, 0.29) is 12.6 Å². The molecular weight excluding hydrogens is 368 g/mol. The van der Waals surface area contributed by atoms with Gasteiger partial charge in [-0.05, 0) is 38.6 Å². The molecule has 3 rings (SSSR count). The van der Waals surface area contributed by atoms with Gasteiger partial charge in [-0.25, -0.2) is 9.67 Å². The Bertz CT molecular complexity index is 998. The summed E-state index contributed by atoms with van der Waals surface area (Å²) >= 11 is 0. The summed E-state index contributed by atoms with van der Waals surface area (Å²) in [4.78, 5) is 18.1. The van der Waals surface area contributed by atoms with E-state index in [1.807, 2.05) is 43.8 Å². The fourth-order valence-corrected chi connectivity index (χ4v) is 3.30. The number of pyridine rings is 1. The molecule has 0 saturated heterocycles. The third kappa shape index (κ3) is 4.90. The van der Waals surface area contributed by atoms with Crippen LogP contribution in [0.5, 0.6) is 0 Å². The average molecular weight is 396 g/mol. The maximum absolute atomic E-state index is 11.1. The van der Waals surface area contributed by atoms with E-state index in [0.717, 1.165) is 40.9 Å². The number of carbonyl (C=O) groups is 1. The molecule has 0 saturated carbocycles. The van der Waals surface area contributed by atoms with Gasteiger partial charge in [0.05, 0.1) is 17.3 Å². The van der Waals surface area contributed by atoms with Gasteiger partial charge in [-0.1, -0.05) is 18.2 Å². The van der Waals surface area contributed by atoms with Gasteiger partial charge in [0.1, 0.15) is 6.54 Å². The summed E-state index contributed by atoms with van der Waals surface area (Å²) in [7, 11) is 2.04. The van der Waals surface area contributed by atoms with E-state index in [9.17, 15) is 4.79 Å². The van der Waals surface area contributed by atoms with Gasteiger partial charge < -0.3 is 21.1 Å². The lowest BCUT2D eigenvalue weighted by Gasteiger charge is -2.16. The smallest absolute Gasteiger partial charge is 0.322 e. The Morgan fingerprint density at radius 1 is 1.34 bits per heavy atom. The van der Waals surface area contributed by atoms with Crippen molar-refractivity contribution in [2.75, 3.05) is 32.0 Å². The minimum absolute atomic E-state index is 0.138. The highest BCUT2D eigenvalue weighted by molar-refractivity contribution is 5.93. The predicted molar refractivity (Wildman–Crippen MR) is 115 cm³/mol. The summed E-state index contributed by atoms with van der Waals surface area (Å²) in [5.74, 6) is -0.919.